The van der Waals surface area contributed by atoms with E-state index in [4.69, 9.17) is 15.4 Å². The number of halogens is 2. The first-order valence-electron chi connectivity index (χ1n) is 6.25. The van der Waals surface area contributed by atoms with Gasteiger partial charge in [0.15, 0.2) is 0 Å². The van der Waals surface area contributed by atoms with Crippen LogP contribution in [0.2, 0.25) is 0 Å². The SMILES string of the molecule is Cc1cc(Br)cc(S(=O)(=O)Cl)c1OCC1CCCC1. The van der Waals surface area contributed by atoms with Gasteiger partial charge in [0.25, 0.3) is 9.05 Å². The summed E-state index contributed by atoms with van der Waals surface area (Å²) in [5.41, 5.74) is 0.770. The van der Waals surface area contributed by atoms with Gasteiger partial charge in [-0.15, -0.1) is 0 Å². The van der Waals surface area contributed by atoms with Gasteiger partial charge in [-0.2, -0.15) is 0 Å². The summed E-state index contributed by atoms with van der Waals surface area (Å²) < 4.78 is 29.7. The second kappa shape index (κ2) is 6.02. The van der Waals surface area contributed by atoms with Gasteiger partial charge in [-0.25, -0.2) is 8.42 Å². The van der Waals surface area contributed by atoms with Crippen LogP contribution in [0, 0.1) is 12.8 Å². The van der Waals surface area contributed by atoms with Crippen LogP contribution < -0.4 is 4.74 Å². The molecule has 0 N–H and O–H groups in total. The smallest absolute Gasteiger partial charge is 0.265 e. The summed E-state index contributed by atoms with van der Waals surface area (Å²) in [6.45, 7) is 2.38. The zero-order valence-electron chi connectivity index (χ0n) is 10.7. The van der Waals surface area contributed by atoms with Crippen LogP contribution in [0.4, 0.5) is 0 Å². The third-order valence-electron chi connectivity index (χ3n) is 3.41. The molecule has 0 aromatic heterocycles. The van der Waals surface area contributed by atoms with Crippen molar-refractivity contribution in [1.29, 1.82) is 0 Å². The Morgan fingerprint density at radius 1 is 1.37 bits per heavy atom. The number of hydrogen-bond donors (Lipinski definition) is 0. The van der Waals surface area contributed by atoms with Gasteiger partial charge in [0.2, 0.25) is 0 Å². The lowest BCUT2D eigenvalue weighted by atomic mass is 10.1. The van der Waals surface area contributed by atoms with E-state index in [9.17, 15) is 8.42 Å². The molecule has 0 amide bonds. The van der Waals surface area contributed by atoms with E-state index in [0.717, 1.165) is 18.4 Å². The zero-order valence-corrected chi connectivity index (χ0v) is 13.8. The highest BCUT2D eigenvalue weighted by atomic mass is 79.9. The molecule has 2 rings (SSSR count). The summed E-state index contributed by atoms with van der Waals surface area (Å²) in [5, 5.41) is 0. The van der Waals surface area contributed by atoms with Crippen LogP contribution in [0.15, 0.2) is 21.5 Å². The third-order valence-corrected chi connectivity index (χ3v) is 5.19. The Bertz CT molecular complexity index is 565. The maximum absolute atomic E-state index is 11.6. The second-order valence-corrected chi connectivity index (χ2v) is 8.40. The highest BCUT2D eigenvalue weighted by Gasteiger charge is 2.22. The van der Waals surface area contributed by atoms with Gasteiger partial charge < -0.3 is 4.74 Å². The first-order valence-corrected chi connectivity index (χ1v) is 9.36. The summed E-state index contributed by atoms with van der Waals surface area (Å²) in [6, 6.07) is 3.31. The molecule has 3 nitrogen and oxygen atoms in total. The molecular formula is C13H16BrClO3S. The number of hydrogen-bond acceptors (Lipinski definition) is 3. The Morgan fingerprint density at radius 2 is 2.00 bits per heavy atom. The summed E-state index contributed by atoms with van der Waals surface area (Å²) in [5.74, 6) is 0.902. The van der Waals surface area contributed by atoms with E-state index in [0.29, 0.717) is 22.7 Å². The largest absolute Gasteiger partial charge is 0.492 e. The Balaban J connectivity index is 2.27. The predicted octanol–water partition coefficient (Wildman–Crippen LogP) is 4.25. The quantitative estimate of drug-likeness (QED) is 0.747. The lowest BCUT2D eigenvalue weighted by Crippen LogP contribution is -2.10. The number of ether oxygens (including phenoxy) is 1. The highest BCUT2D eigenvalue weighted by molar-refractivity contribution is 9.10. The molecule has 1 fully saturated rings. The molecule has 0 radical (unpaired) electrons. The summed E-state index contributed by atoms with van der Waals surface area (Å²) in [4.78, 5) is 0.0408. The normalized spacial score (nSPS) is 16.8. The molecule has 0 heterocycles. The van der Waals surface area contributed by atoms with E-state index in [1.165, 1.54) is 18.9 Å². The van der Waals surface area contributed by atoms with Gasteiger partial charge in [0.1, 0.15) is 10.6 Å². The molecule has 106 valence electrons. The number of benzene rings is 1. The van der Waals surface area contributed by atoms with Crippen molar-refractivity contribution < 1.29 is 13.2 Å². The molecule has 0 bridgehead atoms. The fourth-order valence-corrected chi connectivity index (χ4v) is 4.22. The van der Waals surface area contributed by atoms with Crippen LogP contribution in [0.3, 0.4) is 0 Å². The van der Waals surface area contributed by atoms with E-state index in [1.54, 1.807) is 0 Å². The van der Waals surface area contributed by atoms with Gasteiger partial charge in [0.05, 0.1) is 6.61 Å². The topological polar surface area (TPSA) is 43.4 Å². The minimum absolute atomic E-state index is 0.0408. The van der Waals surface area contributed by atoms with Crippen LogP contribution >= 0.6 is 26.6 Å². The monoisotopic (exact) mass is 366 g/mol. The van der Waals surface area contributed by atoms with E-state index in [1.807, 2.05) is 13.0 Å². The van der Waals surface area contributed by atoms with Crippen molar-refractivity contribution in [2.45, 2.75) is 37.5 Å². The molecule has 0 unspecified atom stereocenters. The van der Waals surface area contributed by atoms with Crippen LogP contribution in [-0.2, 0) is 9.05 Å². The Hall–Kier alpha value is -0.260. The lowest BCUT2D eigenvalue weighted by Gasteiger charge is -2.16. The number of aryl methyl sites for hydroxylation is 1. The molecule has 0 aliphatic heterocycles. The standard InChI is InChI=1S/C13H16BrClO3S/c1-9-6-11(14)7-12(19(15,16)17)13(9)18-8-10-4-2-3-5-10/h6-7,10H,2-5,8H2,1H3. The van der Waals surface area contributed by atoms with Crippen molar-refractivity contribution in [2.75, 3.05) is 6.61 Å². The van der Waals surface area contributed by atoms with Crippen molar-refractivity contribution in [2.24, 2.45) is 5.92 Å². The molecule has 1 saturated carbocycles. The van der Waals surface area contributed by atoms with Gasteiger partial charge in [-0.3, -0.25) is 0 Å². The Kier molecular flexibility index (Phi) is 4.79. The molecule has 1 aromatic carbocycles. The fraction of sp³-hybridized carbons (Fsp3) is 0.538. The molecule has 0 saturated heterocycles. The van der Waals surface area contributed by atoms with Crippen LogP contribution in [0.1, 0.15) is 31.2 Å². The van der Waals surface area contributed by atoms with Gasteiger partial charge in [-0.1, -0.05) is 28.8 Å². The summed E-state index contributed by atoms with van der Waals surface area (Å²) in [6.07, 6.45) is 4.76. The minimum atomic E-state index is -3.81. The minimum Gasteiger partial charge on any atom is -0.492 e. The molecule has 1 aliphatic carbocycles. The van der Waals surface area contributed by atoms with Crippen molar-refractivity contribution >= 4 is 35.7 Å². The zero-order chi connectivity index (χ0) is 14.0. The molecule has 19 heavy (non-hydrogen) atoms. The predicted molar refractivity (Wildman–Crippen MR) is 79.4 cm³/mol. The Labute approximate surface area is 126 Å². The maximum Gasteiger partial charge on any atom is 0.265 e. The summed E-state index contributed by atoms with van der Waals surface area (Å²) >= 11 is 3.28. The molecule has 1 aliphatic rings. The van der Waals surface area contributed by atoms with E-state index < -0.39 is 9.05 Å². The highest BCUT2D eigenvalue weighted by Crippen LogP contribution is 2.35. The van der Waals surface area contributed by atoms with Gasteiger partial charge >= 0.3 is 0 Å². The molecule has 0 atom stereocenters. The van der Waals surface area contributed by atoms with Gasteiger partial charge in [-0.05, 0) is 43.4 Å². The maximum atomic E-state index is 11.6. The lowest BCUT2D eigenvalue weighted by molar-refractivity contribution is 0.245. The fourth-order valence-electron chi connectivity index (χ4n) is 2.44. The summed E-state index contributed by atoms with van der Waals surface area (Å²) in [7, 11) is 1.67. The third kappa shape index (κ3) is 3.86. The van der Waals surface area contributed by atoms with Crippen molar-refractivity contribution in [1.82, 2.24) is 0 Å². The average molecular weight is 368 g/mol. The van der Waals surface area contributed by atoms with Crippen molar-refractivity contribution in [3.8, 4) is 5.75 Å². The second-order valence-electron chi connectivity index (χ2n) is 4.95. The van der Waals surface area contributed by atoms with E-state index in [-0.39, 0.29) is 4.90 Å². The van der Waals surface area contributed by atoms with Gasteiger partial charge in [0, 0.05) is 15.2 Å². The molecule has 0 spiro atoms. The molecular weight excluding hydrogens is 352 g/mol. The van der Waals surface area contributed by atoms with Crippen molar-refractivity contribution in [3.05, 3.63) is 22.2 Å². The van der Waals surface area contributed by atoms with Crippen LogP contribution in [-0.4, -0.2) is 15.0 Å². The molecule has 1 aromatic rings. The van der Waals surface area contributed by atoms with E-state index in [2.05, 4.69) is 15.9 Å². The van der Waals surface area contributed by atoms with Crippen molar-refractivity contribution in [3.63, 3.8) is 0 Å². The number of rotatable bonds is 4. The first kappa shape index (κ1) is 15.1. The van der Waals surface area contributed by atoms with Crippen LogP contribution in [0.5, 0.6) is 5.75 Å². The van der Waals surface area contributed by atoms with E-state index >= 15 is 0 Å². The van der Waals surface area contributed by atoms with Crippen LogP contribution in [0.25, 0.3) is 0 Å². The Morgan fingerprint density at radius 3 is 2.58 bits per heavy atom. The average Bonchev–Trinajstić information content (AvgIpc) is 2.78. The molecule has 6 heteroatoms. The first-order chi connectivity index (χ1) is 8.88.